The van der Waals surface area contributed by atoms with Crippen molar-refractivity contribution in [1.82, 2.24) is 15.6 Å². The number of hydrogen-bond donors (Lipinski definition) is 2. The smallest absolute Gasteiger partial charge is 0.315 e. The second-order valence-electron chi connectivity index (χ2n) is 6.95. The van der Waals surface area contributed by atoms with Crippen LogP contribution in [0, 0.1) is 0 Å². The number of benzene rings is 1. The highest BCUT2D eigenvalue weighted by Gasteiger charge is 2.12. The molecule has 0 aliphatic heterocycles. The molecule has 0 saturated heterocycles. The third-order valence-corrected chi connectivity index (χ3v) is 3.77. The number of amides is 2. The van der Waals surface area contributed by atoms with Crippen LogP contribution in [0.2, 0.25) is 0 Å². The quantitative estimate of drug-likeness (QED) is 0.756. The van der Waals surface area contributed by atoms with E-state index in [1.165, 1.54) is 5.56 Å². The highest BCUT2D eigenvalue weighted by atomic mass is 16.5. The predicted octanol–water partition coefficient (Wildman–Crippen LogP) is 3.65. The maximum absolute atomic E-state index is 11.7. The van der Waals surface area contributed by atoms with Gasteiger partial charge in [-0.15, -0.1) is 0 Å². The van der Waals surface area contributed by atoms with E-state index in [2.05, 4.69) is 48.5 Å². The number of pyridine rings is 1. The van der Waals surface area contributed by atoms with Gasteiger partial charge in [0.1, 0.15) is 5.75 Å². The molecule has 0 spiro atoms. The van der Waals surface area contributed by atoms with Crippen molar-refractivity contribution in [2.75, 3.05) is 13.2 Å². The van der Waals surface area contributed by atoms with Crippen molar-refractivity contribution in [3.8, 4) is 5.75 Å². The molecule has 0 aliphatic carbocycles. The van der Waals surface area contributed by atoms with E-state index in [1.54, 1.807) is 12.4 Å². The maximum Gasteiger partial charge on any atom is 0.315 e. The van der Waals surface area contributed by atoms with Crippen LogP contribution in [0.5, 0.6) is 5.75 Å². The summed E-state index contributed by atoms with van der Waals surface area (Å²) in [5, 5.41) is 5.61. The van der Waals surface area contributed by atoms with E-state index in [0.717, 1.165) is 17.7 Å². The summed E-state index contributed by atoms with van der Waals surface area (Å²) in [6.07, 6.45) is 4.20. The maximum atomic E-state index is 11.7. The molecule has 0 radical (unpaired) electrons. The molecule has 0 saturated carbocycles. The lowest BCUT2D eigenvalue weighted by Gasteiger charge is -2.19. The number of urea groups is 1. The van der Waals surface area contributed by atoms with Crippen LogP contribution in [0.15, 0.2) is 48.8 Å². The van der Waals surface area contributed by atoms with Gasteiger partial charge in [0.05, 0.1) is 6.61 Å². The largest absolute Gasteiger partial charge is 0.494 e. The minimum Gasteiger partial charge on any atom is -0.494 e. The molecular formula is C20H27N3O2. The van der Waals surface area contributed by atoms with Crippen molar-refractivity contribution in [3.63, 3.8) is 0 Å². The third-order valence-electron chi connectivity index (χ3n) is 3.77. The Morgan fingerprint density at radius 2 is 1.88 bits per heavy atom. The van der Waals surface area contributed by atoms with Gasteiger partial charge in [-0.25, -0.2) is 4.79 Å². The highest BCUT2D eigenvalue weighted by Crippen LogP contribution is 2.24. The standard InChI is InChI=1S/C20H27N3O2/c1-20(2,3)17-7-9-18(10-8-17)25-13-5-12-22-19(24)23-15-16-6-4-11-21-14-16/h4,6-11,14H,5,12-13,15H2,1-3H3,(H2,22,23,24). The zero-order valence-corrected chi connectivity index (χ0v) is 15.2. The van der Waals surface area contributed by atoms with E-state index in [-0.39, 0.29) is 11.4 Å². The molecule has 1 heterocycles. The van der Waals surface area contributed by atoms with Gasteiger partial charge >= 0.3 is 6.03 Å². The van der Waals surface area contributed by atoms with Crippen LogP contribution in [0.4, 0.5) is 4.79 Å². The minimum atomic E-state index is -0.182. The van der Waals surface area contributed by atoms with Gasteiger partial charge in [-0.3, -0.25) is 4.98 Å². The number of hydrogen-bond acceptors (Lipinski definition) is 3. The predicted molar refractivity (Wildman–Crippen MR) is 99.7 cm³/mol. The van der Waals surface area contributed by atoms with Gasteiger partial charge in [0.15, 0.2) is 0 Å². The summed E-state index contributed by atoms with van der Waals surface area (Å²) in [5.74, 6) is 0.856. The van der Waals surface area contributed by atoms with E-state index in [9.17, 15) is 4.79 Å². The van der Waals surface area contributed by atoms with Crippen molar-refractivity contribution in [1.29, 1.82) is 0 Å². The zero-order valence-electron chi connectivity index (χ0n) is 15.2. The molecule has 1 aromatic heterocycles. The van der Waals surface area contributed by atoms with Crippen LogP contribution in [0.1, 0.15) is 38.3 Å². The normalized spacial score (nSPS) is 11.0. The second kappa shape index (κ2) is 9.06. The van der Waals surface area contributed by atoms with E-state index in [1.807, 2.05) is 24.3 Å². The molecule has 2 amide bonds. The first-order chi connectivity index (χ1) is 11.9. The van der Waals surface area contributed by atoms with Gasteiger partial charge in [-0.1, -0.05) is 39.0 Å². The average molecular weight is 341 g/mol. The summed E-state index contributed by atoms with van der Waals surface area (Å²) in [5.41, 5.74) is 2.40. The fraction of sp³-hybridized carbons (Fsp3) is 0.400. The van der Waals surface area contributed by atoms with Gasteiger partial charge in [0.2, 0.25) is 0 Å². The summed E-state index contributed by atoms with van der Waals surface area (Å²) < 4.78 is 5.70. The summed E-state index contributed by atoms with van der Waals surface area (Å²) in [6.45, 7) is 8.17. The second-order valence-corrected chi connectivity index (χ2v) is 6.95. The molecule has 2 rings (SSSR count). The molecular weight excluding hydrogens is 314 g/mol. The minimum absolute atomic E-state index is 0.144. The lowest BCUT2D eigenvalue weighted by molar-refractivity contribution is 0.238. The molecule has 2 aromatic rings. The van der Waals surface area contributed by atoms with Gasteiger partial charge in [0.25, 0.3) is 0 Å². The number of nitrogens with one attached hydrogen (secondary N) is 2. The highest BCUT2D eigenvalue weighted by molar-refractivity contribution is 5.73. The monoisotopic (exact) mass is 341 g/mol. The van der Waals surface area contributed by atoms with Crippen molar-refractivity contribution < 1.29 is 9.53 Å². The van der Waals surface area contributed by atoms with Gasteiger partial charge < -0.3 is 15.4 Å². The number of carbonyl (C=O) groups excluding carboxylic acids is 1. The molecule has 0 atom stereocenters. The Morgan fingerprint density at radius 1 is 1.12 bits per heavy atom. The van der Waals surface area contributed by atoms with Gasteiger partial charge in [-0.05, 0) is 41.2 Å². The van der Waals surface area contributed by atoms with Crippen molar-refractivity contribution in [3.05, 3.63) is 59.9 Å². The Kier molecular flexibility index (Phi) is 6.81. The van der Waals surface area contributed by atoms with Crippen molar-refractivity contribution >= 4 is 6.03 Å². The van der Waals surface area contributed by atoms with E-state index in [4.69, 9.17) is 4.74 Å². The molecule has 5 nitrogen and oxygen atoms in total. The van der Waals surface area contributed by atoms with Crippen LogP contribution in [-0.4, -0.2) is 24.2 Å². The number of rotatable bonds is 7. The number of nitrogens with zero attached hydrogens (tertiary/aromatic N) is 1. The lowest BCUT2D eigenvalue weighted by atomic mass is 9.87. The number of ether oxygens (including phenoxy) is 1. The van der Waals surface area contributed by atoms with E-state index in [0.29, 0.717) is 19.7 Å². The molecule has 1 aromatic carbocycles. The van der Waals surface area contributed by atoms with Crippen molar-refractivity contribution in [2.45, 2.75) is 39.2 Å². The molecule has 5 heteroatoms. The molecule has 0 fully saturated rings. The van der Waals surface area contributed by atoms with Crippen LogP contribution in [-0.2, 0) is 12.0 Å². The average Bonchev–Trinajstić information content (AvgIpc) is 2.60. The van der Waals surface area contributed by atoms with Crippen LogP contribution >= 0.6 is 0 Å². The summed E-state index contributed by atoms with van der Waals surface area (Å²) >= 11 is 0. The van der Waals surface area contributed by atoms with Crippen LogP contribution in [0.3, 0.4) is 0 Å². The first kappa shape index (κ1) is 18.8. The molecule has 25 heavy (non-hydrogen) atoms. The fourth-order valence-electron chi connectivity index (χ4n) is 2.26. The first-order valence-corrected chi connectivity index (χ1v) is 8.59. The SMILES string of the molecule is CC(C)(C)c1ccc(OCCCNC(=O)NCc2cccnc2)cc1. The van der Waals surface area contributed by atoms with Gasteiger partial charge in [-0.2, -0.15) is 0 Å². The Hall–Kier alpha value is -2.56. The molecule has 0 unspecified atom stereocenters. The Bertz CT molecular complexity index is 649. The number of aromatic nitrogens is 1. The Balaban J connectivity index is 1.59. The summed E-state index contributed by atoms with van der Waals surface area (Å²) in [4.78, 5) is 15.7. The molecule has 0 aliphatic rings. The summed E-state index contributed by atoms with van der Waals surface area (Å²) in [6, 6.07) is 11.8. The zero-order chi connectivity index (χ0) is 18.1. The summed E-state index contributed by atoms with van der Waals surface area (Å²) in [7, 11) is 0. The van der Waals surface area contributed by atoms with E-state index >= 15 is 0 Å². The van der Waals surface area contributed by atoms with E-state index < -0.39 is 0 Å². The molecule has 2 N–H and O–H groups in total. The topological polar surface area (TPSA) is 63.2 Å². The van der Waals surface area contributed by atoms with Crippen LogP contribution < -0.4 is 15.4 Å². The molecule has 0 bridgehead atoms. The Morgan fingerprint density at radius 3 is 2.52 bits per heavy atom. The van der Waals surface area contributed by atoms with Gasteiger partial charge in [0, 0.05) is 25.5 Å². The Labute approximate surface area is 149 Å². The van der Waals surface area contributed by atoms with Crippen molar-refractivity contribution in [2.24, 2.45) is 0 Å². The fourth-order valence-corrected chi connectivity index (χ4v) is 2.26. The van der Waals surface area contributed by atoms with Crippen LogP contribution in [0.25, 0.3) is 0 Å². The molecule has 134 valence electrons. The third kappa shape index (κ3) is 6.83. The number of carbonyl (C=O) groups is 1. The lowest BCUT2D eigenvalue weighted by Crippen LogP contribution is -2.36. The first-order valence-electron chi connectivity index (χ1n) is 8.59.